The molecule has 0 saturated carbocycles. The third-order valence-electron chi connectivity index (χ3n) is 3.89. The van der Waals surface area contributed by atoms with Crippen LogP contribution in [0.25, 0.3) is 6.08 Å². The van der Waals surface area contributed by atoms with Crippen LogP contribution in [0.3, 0.4) is 0 Å². The number of halogens is 2. The summed E-state index contributed by atoms with van der Waals surface area (Å²) in [4.78, 5) is 12.2. The van der Waals surface area contributed by atoms with Gasteiger partial charge in [-0.15, -0.1) is 0 Å². The molecule has 1 saturated heterocycles. The number of hydrogen-bond acceptors (Lipinski definition) is 2. The van der Waals surface area contributed by atoms with Crippen molar-refractivity contribution in [3.05, 3.63) is 35.4 Å². The molecule has 0 bridgehead atoms. The van der Waals surface area contributed by atoms with Crippen molar-refractivity contribution in [2.75, 3.05) is 18.0 Å². The summed E-state index contributed by atoms with van der Waals surface area (Å²) in [7, 11) is 0. The molecule has 1 aliphatic heterocycles. The van der Waals surface area contributed by atoms with Crippen molar-refractivity contribution in [1.29, 1.82) is 0 Å². The minimum absolute atomic E-state index is 0.0158. The molecule has 114 valence electrons. The topological polar surface area (TPSA) is 40.5 Å². The second kappa shape index (κ2) is 5.84. The number of nitrogens with zero attached hydrogens (tertiary/aromatic N) is 1. The van der Waals surface area contributed by atoms with Gasteiger partial charge in [0.05, 0.1) is 0 Å². The second-order valence-corrected chi connectivity index (χ2v) is 6.16. The molecule has 0 radical (unpaired) electrons. The Balaban J connectivity index is 2.24. The summed E-state index contributed by atoms with van der Waals surface area (Å²) in [6.45, 7) is 5.53. The van der Waals surface area contributed by atoms with E-state index < -0.39 is 17.6 Å². The van der Waals surface area contributed by atoms with Crippen molar-refractivity contribution >= 4 is 17.7 Å². The molecule has 21 heavy (non-hydrogen) atoms. The fourth-order valence-electron chi connectivity index (χ4n) is 2.49. The summed E-state index contributed by atoms with van der Waals surface area (Å²) in [5.41, 5.74) is 0.389. The van der Waals surface area contributed by atoms with Gasteiger partial charge >= 0.3 is 5.97 Å². The van der Waals surface area contributed by atoms with E-state index in [0.717, 1.165) is 31.1 Å². The number of benzene rings is 1. The van der Waals surface area contributed by atoms with E-state index in [-0.39, 0.29) is 16.7 Å². The van der Waals surface area contributed by atoms with Crippen LogP contribution in [0.15, 0.2) is 18.2 Å². The van der Waals surface area contributed by atoms with Crippen LogP contribution in [-0.2, 0) is 4.79 Å². The maximum absolute atomic E-state index is 14.1. The molecule has 3 nitrogen and oxygen atoms in total. The van der Waals surface area contributed by atoms with E-state index >= 15 is 0 Å². The predicted molar refractivity (Wildman–Crippen MR) is 78.3 cm³/mol. The van der Waals surface area contributed by atoms with Gasteiger partial charge < -0.3 is 10.0 Å². The van der Waals surface area contributed by atoms with Crippen molar-refractivity contribution in [3.8, 4) is 0 Å². The van der Waals surface area contributed by atoms with Gasteiger partial charge in [-0.3, -0.25) is 0 Å². The molecule has 0 atom stereocenters. The van der Waals surface area contributed by atoms with Gasteiger partial charge in [-0.05, 0) is 42.0 Å². The zero-order valence-corrected chi connectivity index (χ0v) is 12.2. The first-order chi connectivity index (χ1) is 9.78. The van der Waals surface area contributed by atoms with E-state index in [1.165, 1.54) is 6.08 Å². The lowest BCUT2D eigenvalue weighted by atomic mass is 9.82. The summed E-state index contributed by atoms with van der Waals surface area (Å²) < 4.78 is 28.3. The number of piperidine rings is 1. The highest BCUT2D eigenvalue weighted by molar-refractivity contribution is 5.85. The molecule has 1 aromatic carbocycles. The molecule has 5 heteroatoms. The summed E-state index contributed by atoms with van der Waals surface area (Å²) in [5, 5.41) is 8.54. The molecule has 1 heterocycles. The summed E-state index contributed by atoms with van der Waals surface area (Å²) >= 11 is 0. The second-order valence-electron chi connectivity index (χ2n) is 6.16. The van der Waals surface area contributed by atoms with Crippen molar-refractivity contribution in [3.63, 3.8) is 0 Å². The molecule has 0 amide bonds. The fourth-order valence-corrected chi connectivity index (χ4v) is 2.49. The number of carbonyl (C=O) groups is 1. The molecule has 0 aliphatic carbocycles. The normalized spacial score (nSPS) is 18.2. The van der Waals surface area contributed by atoms with E-state index in [2.05, 4.69) is 13.8 Å². The Labute approximate surface area is 122 Å². The van der Waals surface area contributed by atoms with Crippen LogP contribution in [-0.4, -0.2) is 24.2 Å². The van der Waals surface area contributed by atoms with E-state index in [0.29, 0.717) is 13.1 Å². The van der Waals surface area contributed by atoms with Gasteiger partial charge in [-0.2, -0.15) is 0 Å². The Morgan fingerprint density at radius 3 is 2.24 bits per heavy atom. The molecule has 2 rings (SSSR count). The van der Waals surface area contributed by atoms with E-state index in [1.54, 1.807) is 4.90 Å². The zero-order chi connectivity index (χ0) is 15.6. The molecular weight excluding hydrogens is 276 g/mol. The molecule has 1 aliphatic rings. The van der Waals surface area contributed by atoms with Crippen LogP contribution in [0.2, 0.25) is 0 Å². The fraction of sp³-hybridized carbons (Fsp3) is 0.438. The number of hydrogen-bond donors (Lipinski definition) is 1. The molecule has 0 aromatic heterocycles. The molecule has 0 spiro atoms. The average molecular weight is 295 g/mol. The van der Waals surface area contributed by atoms with Gasteiger partial charge in [0.15, 0.2) is 0 Å². The summed E-state index contributed by atoms with van der Waals surface area (Å²) in [6, 6.07) is 2.33. The van der Waals surface area contributed by atoms with E-state index in [1.807, 2.05) is 0 Å². The molecular formula is C16H19F2NO2. The number of carboxylic acids is 1. The van der Waals surface area contributed by atoms with Crippen LogP contribution in [0.4, 0.5) is 14.5 Å². The van der Waals surface area contributed by atoms with E-state index in [9.17, 15) is 13.6 Å². The quantitative estimate of drug-likeness (QED) is 0.865. The zero-order valence-electron chi connectivity index (χ0n) is 12.2. The van der Waals surface area contributed by atoms with Crippen LogP contribution < -0.4 is 4.90 Å². The minimum atomic E-state index is -1.15. The maximum atomic E-state index is 14.1. The van der Waals surface area contributed by atoms with Gasteiger partial charge in [-0.1, -0.05) is 13.8 Å². The highest BCUT2D eigenvalue weighted by Crippen LogP contribution is 2.34. The number of anilines is 1. The Kier molecular flexibility index (Phi) is 4.30. The Morgan fingerprint density at radius 2 is 1.76 bits per heavy atom. The van der Waals surface area contributed by atoms with Gasteiger partial charge in [0.2, 0.25) is 0 Å². The predicted octanol–water partition coefficient (Wildman–Crippen LogP) is 3.69. The summed E-state index contributed by atoms with van der Waals surface area (Å²) in [6.07, 6.45) is 3.80. The highest BCUT2D eigenvalue weighted by Gasteiger charge is 2.28. The third kappa shape index (κ3) is 3.80. The smallest absolute Gasteiger partial charge is 0.328 e. The Bertz CT molecular complexity index is 549. The number of aliphatic carboxylic acids is 1. The molecule has 0 unspecified atom stereocenters. The summed E-state index contributed by atoms with van der Waals surface area (Å²) in [5.74, 6) is -2.46. The van der Waals surface area contributed by atoms with Crippen molar-refractivity contribution in [1.82, 2.24) is 0 Å². The lowest BCUT2D eigenvalue weighted by Crippen LogP contribution is -2.38. The minimum Gasteiger partial charge on any atom is -0.478 e. The standard InChI is InChI=1S/C16H19F2NO2/c1-16(2)5-7-19(8-6-16)15-12(17)9-11(10-13(15)18)3-4-14(20)21/h3-4,9-10H,5-8H2,1-2H3,(H,20,21). The van der Waals surface area contributed by atoms with Crippen LogP contribution in [0.1, 0.15) is 32.3 Å². The average Bonchev–Trinajstić information content (AvgIpc) is 2.37. The van der Waals surface area contributed by atoms with Gasteiger partial charge in [-0.25, -0.2) is 13.6 Å². The van der Waals surface area contributed by atoms with Crippen LogP contribution in [0.5, 0.6) is 0 Å². The van der Waals surface area contributed by atoms with Crippen molar-refractivity contribution in [2.45, 2.75) is 26.7 Å². The largest absolute Gasteiger partial charge is 0.478 e. The lowest BCUT2D eigenvalue weighted by Gasteiger charge is -2.38. The molecule has 1 aromatic rings. The van der Waals surface area contributed by atoms with Gasteiger partial charge in [0.25, 0.3) is 0 Å². The number of carboxylic acid groups (broad SMARTS) is 1. The molecule has 1 fully saturated rings. The Hall–Kier alpha value is -1.91. The van der Waals surface area contributed by atoms with Crippen molar-refractivity contribution in [2.24, 2.45) is 5.41 Å². The lowest BCUT2D eigenvalue weighted by molar-refractivity contribution is -0.131. The monoisotopic (exact) mass is 295 g/mol. The SMILES string of the molecule is CC1(C)CCN(c2c(F)cc(C=CC(=O)O)cc2F)CC1. The molecule has 1 N–H and O–H groups in total. The highest BCUT2D eigenvalue weighted by atomic mass is 19.1. The first-order valence-electron chi connectivity index (χ1n) is 6.93. The first-order valence-corrected chi connectivity index (χ1v) is 6.93. The van der Waals surface area contributed by atoms with Gasteiger partial charge in [0, 0.05) is 19.2 Å². The van der Waals surface area contributed by atoms with Crippen LogP contribution in [0, 0.1) is 17.0 Å². The van der Waals surface area contributed by atoms with Crippen molar-refractivity contribution < 1.29 is 18.7 Å². The van der Waals surface area contributed by atoms with E-state index in [4.69, 9.17) is 5.11 Å². The van der Waals surface area contributed by atoms with Gasteiger partial charge in [0.1, 0.15) is 17.3 Å². The first kappa shape index (κ1) is 15.5. The van der Waals surface area contributed by atoms with Crippen LogP contribution >= 0.6 is 0 Å². The maximum Gasteiger partial charge on any atom is 0.328 e. The third-order valence-corrected chi connectivity index (χ3v) is 3.89. The number of rotatable bonds is 3. The Morgan fingerprint density at radius 1 is 1.24 bits per heavy atom.